The molecule has 229 valence electrons. The number of hydrogen-bond donors (Lipinski definition) is 0. The van der Waals surface area contributed by atoms with E-state index in [1.54, 1.807) is 6.20 Å². The topological polar surface area (TPSA) is 51.6 Å². The van der Waals surface area contributed by atoms with Gasteiger partial charge in [-0.1, -0.05) is 66.6 Å². The largest absolute Gasteiger partial charge is 0.305 e. The van der Waals surface area contributed by atoms with E-state index in [9.17, 15) is 0 Å². The molecule has 0 aliphatic carbocycles. The number of aromatic nitrogens is 4. The van der Waals surface area contributed by atoms with Crippen LogP contribution in [0.25, 0.3) is 66.4 Å². The van der Waals surface area contributed by atoms with Gasteiger partial charge in [0.05, 0.1) is 5.52 Å². The SMILES string of the molecule is Cc1ccc2c(c1)c(-c1cncc(-c3cc(-c4ccccn4)[c-]cc3C)c1)cc1ncccc12.[Ir].[c-]1ccccc1-c1ccccn1. The summed E-state index contributed by atoms with van der Waals surface area (Å²) in [5, 5.41) is 3.59. The van der Waals surface area contributed by atoms with E-state index in [0.29, 0.717) is 0 Å². The Morgan fingerprint density at radius 3 is 1.98 bits per heavy atom. The Morgan fingerprint density at radius 1 is 0.532 bits per heavy atom. The van der Waals surface area contributed by atoms with Gasteiger partial charge in [-0.15, -0.1) is 65.2 Å². The average Bonchev–Trinajstić information content (AvgIpc) is 3.13. The third kappa shape index (κ3) is 6.92. The summed E-state index contributed by atoms with van der Waals surface area (Å²) in [6.07, 6.45) is 9.33. The zero-order valence-corrected chi connectivity index (χ0v) is 28.4. The Kier molecular flexibility index (Phi) is 9.68. The summed E-state index contributed by atoms with van der Waals surface area (Å²) in [6, 6.07) is 45.5. The van der Waals surface area contributed by atoms with E-state index in [1.807, 2.05) is 97.6 Å². The van der Waals surface area contributed by atoms with Crippen LogP contribution < -0.4 is 0 Å². The fourth-order valence-corrected chi connectivity index (χ4v) is 5.68. The quantitative estimate of drug-likeness (QED) is 0.132. The number of benzene rings is 4. The van der Waals surface area contributed by atoms with Gasteiger partial charge in [0.2, 0.25) is 0 Å². The third-order valence-electron chi connectivity index (χ3n) is 7.98. The Labute approximate surface area is 288 Å². The maximum atomic E-state index is 4.65. The fourth-order valence-electron chi connectivity index (χ4n) is 5.68. The minimum atomic E-state index is 0. The molecule has 5 heteroatoms. The summed E-state index contributed by atoms with van der Waals surface area (Å²) in [5.74, 6) is 0. The van der Waals surface area contributed by atoms with Gasteiger partial charge in [-0.2, -0.15) is 0 Å². The van der Waals surface area contributed by atoms with Gasteiger partial charge in [0, 0.05) is 62.0 Å². The van der Waals surface area contributed by atoms with Crippen LogP contribution in [0.2, 0.25) is 0 Å². The summed E-state index contributed by atoms with van der Waals surface area (Å²) < 4.78 is 0. The van der Waals surface area contributed by atoms with E-state index in [2.05, 4.69) is 88.4 Å². The van der Waals surface area contributed by atoms with Crippen molar-refractivity contribution in [2.24, 2.45) is 0 Å². The van der Waals surface area contributed by atoms with Crippen LogP contribution in [0.15, 0.2) is 146 Å². The molecular weight excluding hydrogens is 753 g/mol. The summed E-state index contributed by atoms with van der Waals surface area (Å²) >= 11 is 0. The first-order valence-electron chi connectivity index (χ1n) is 15.2. The molecule has 4 aromatic carbocycles. The van der Waals surface area contributed by atoms with Gasteiger partial charge in [0.25, 0.3) is 0 Å². The van der Waals surface area contributed by atoms with E-state index < -0.39 is 0 Å². The van der Waals surface area contributed by atoms with Crippen LogP contribution in [0.5, 0.6) is 0 Å². The van der Waals surface area contributed by atoms with E-state index in [4.69, 9.17) is 0 Å². The monoisotopic (exact) mass is 783 g/mol. The second-order valence-electron chi connectivity index (χ2n) is 11.2. The van der Waals surface area contributed by atoms with Crippen LogP contribution in [0.1, 0.15) is 11.1 Å². The zero-order chi connectivity index (χ0) is 31.3. The van der Waals surface area contributed by atoms with Crippen molar-refractivity contribution < 1.29 is 20.1 Å². The predicted octanol–water partition coefficient (Wildman–Crippen LogP) is 10.1. The molecule has 0 amide bonds. The normalized spacial score (nSPS) is 10.6. The molecule has 0 bridgehead atoms. The number of nitrogens with zero attached hydrogens (tertiary/aromatic N) is 4. The van der Waals surface area contributed by atoms with Gasteiger partial charge in [-0.05, 0) is 70.5 Å². The van der Waals surface area contributed by atoms with E-state index in [1.165, 1.54) is 21.7 Å². The van der Waals surface area contributed by atoms with Gasteiger partial charge >= 0.3 is 0 Å². The molecule has 8 aromatic rings. The first-order chi connectivity index (χ1) is 22.6. The molecule has 8 rings (SSSR count). The molecule has 4 aromatic heterocycles. The maximum Gasteiger partial charge on any atom is 0.0714 e. The Balaban J connectivity index is 0.000000250. The number of pyridine rings is 4. The molecule has 0 saturated heterocycles. The molecule has 0 fully saturated rings. The summed E-state index contributed by atoms with van der Waals surface area (Å²) in [7, 11) is 0. The van der Waals surface area contributed by atoms with Crippen molar-refractivity contribution in [2.45, 2.75) is 13.8 Å². The fraction of sp³-hybridized carbons (Fsp3) is 0.0476. The molecule has 0 aliphatic rings. The summed E-state index contributed by atoms with van der Waals surface area (Å²) in [4.78, 5) is 18.0. The van der Waals surface area contributed by atoms with Crippen molar-refractivity contribution >= 4 is 21.7 Å². The van der Waals surface area contributed by atoms with Crippen molar-refractivity contribution in [1.29, 1.82) is 0 Å². The minimum Gasteiger partial charge on any atom is -0.305 e. The molecule has 4 heterocycles. The molecule has 0 atom stereocenters. The number of aryl methyl sites for hydroxylation is 2. The smallest absolute Gasteiger partial charge is 0.0714 e. The molecule has 0 aliphatic heterocycles. The van der Waals surface area contributed by atoms with Crippen molar-refractivity contribution in [3.63, 3.8) is 0 Å². The van der Waals surface area contributed by atoms with Crippen molar-refractivity contribution in [3.8, 4) is 44.8 Å². The third-order valence-corrected chi connectivity index (χ3v) is 7.98. The Bertz CT molecular complexity index is 2230. The molecule has 4 nitrogen and oxygen atoms in total. The zero-order valence-electron chi connectivity index (χ0n) is 26.0. The first kappa shape index (κ1) is 31.6. The van der Waals surface area contributed by atoms with E-state index in [0.717, 1.165) is 55.8 Å². The predicted molar refractivity (Wildman–Crippen MR) is 188 cm³/mol. The molecule has 47 heavy (non-hydrogen) atoms. The second-order valence-corrected chi connectivity index (χ2v) is 11.2. The number of hydrogen-bond acceptors (Lipinski definition) is 4. The average molecular weight is 783 g/mol. The van der Waals surface area contributed by atoms with Crippen LogP contribution in [0.3, 0.4) is 0 Å². The maximum absolute atomic E-state index is 4.65. The van der Waals surface area contributed by atoms with Crippen LogP contribution in [-0.2, 0) is 20.1 Å². The van der Waals surface area contributed by atoms with Crippen LogP contribution in [0, 0.1) is 26.0 Å². The van der Waals surface area contributed by atoms with Gasteiger partial charge < -0.3 is 9.97 Å². The van der Waals surface area contributed by atoms with Crippen molar-refractivity contribution in [2.75, 3.05) is 0 Å². The summed E-state index contributed by atoms with van der Waals surface area (Å²) in [5.41, 5.74) is 11.7. The second kappa shape index (κ2) is 14.4. The molecule has 0 spiro atoms. The Hall–Kier alpha value is -5.35. The van der Waals surface area contributed by atoms with Gasteiger partial charge in [0.1, 0.15) is 0 Å². The van der Waals surface area contributed by atoms with Gasteiger partial charge in [-0.25, -0.2) is 0 Å². The standard InChI is InChI=1S/C31H22N3.C11H8N.Ir/c1-20-8-11-25-26-6-5-13-34-31(26)17-28(29(25)14-20)24-15-23(18-32-19-24)27-16-22(10-9-21(27)2)30-7-3-4-12-33-30;1-2-6-10(7-3-1)11-8-4-5-9-12-11;/h3-9,11-19H,1-2H3;1-6,8-9H;/q2*-1;. The summed E-state index contributed by atoms with van der Waals surface area (Å²) in [6.45, 7) is 4.24. The van der Waals surface area contributed by atoms with Gasteiger partial charge in [-0.3, -0.25) is 9.97 Å². The van der Waals surface area contributed by atoms with Gasteiger partial charge in [0.15, 0.2) is 0 Å². The molecular formula is C42H30IrN4-2. The Morgan fingerprint density at radius 2 is 1.26 bits per heavy atom. The molecule has 1 radical (unpaired) electrons. The number of rotatable bonds is 4. The van der Waals surface area contributed by atoms with Crippen molar-refractivity contribution in [3.05, 3.63) is 170 Å². The number of fused-ring (bicyclic) bond motifs is 3. The van der Waals surface area contributed by atoms with Crippen LogP contribution in [0.4, 0.5) is 0 Å². The van der Waals surface area contributed by atoms with E-state index in [-0.39, 0.29) is 20.1 Å². The molecule has 0 saturated carbocycles. The van der Waals surface area contributed by atoms with Crippen molar-refractivity contribution in [1.82, 2.24) is 19.9 Å². The molecule has 0 unspecified atom stereocenters. The minimum absolute atomic E-state index is 0. The van der Waals surface area contributed by atoms with E-state index >= 15 is 0 Å². The van der Waals surface area contributed by atoms with Crippen LogP contribution in [-0.4, -0.2) is 19.9 Å². The van der Waals surface area contributed by atoms with Crippen LogP contribution >= 0.6 is 0 Å². The molecule has 0 N–H and O–H groups in total. The first-order valence-corrected chi connectivity index (χ1v) is 15.2.